The van der Waals surface area contributed by atoms with E-state index in [9.17, 15) is 23.4 Å². The molecule has 0 radical (unpaired) electrons. The number of nitrogens with one attached hydrogen (secondary N) is 1. The summed E-state index contributed by atoms with van der Waals surface area (Å²) in [7, 11) is -3.96. The van der Waals surface area contributed by atoms with Crippen LogP contribution in [0.5, 0.6) is 5.75 Å². The molecule has 0 aliphatic carbocycles. The van der Waals surface area contributed by atoms with Crippen molar-refractivity contribution in [2.75, 3.05) is 26.3 Å². The van der Waals surface area contributed by atoms with Crippen molar-refractivity contribution in [1.29, 1.82) is 0 Å². The van der Waals surface area contributed by atoms with Gasteiger partial charge in [0, 0.05) is 19.5 Å². The van der Waals surface area contributed by atoms with Crippen molar-refractivity contribution in [3.8, 4) is 5.75 Å². The lowest BCUT2D eigenvalue weighted by Crippen LogP contribution is -2.51. The fourth-order valence-corrected chi connectivity index (χ4v) is 5.50. The van der Waals surface area contributed by atoms with Gasteiger partial charge < -0.3 is 25.0 Å². The van der Waals surface area contributed by atoms with E-state index in [2.05, 4.69) is 5.32 Å². The van der Waals surface area contributed by atoms with Crippen molar-refractivity contribution in [3.63, 3.8) is 0 Å². The van der Waals surface area contributed by atoms with Gasteiger partial charge in [-0.1, -0.05) is 44.2 Å². The Morgan fingerprint density at radius 3 is 2.43 bits per heavy atom. The summed E-state index contributed by atoms with van der Waals surface area (Å²) in [5.41, 5.74) is 0.873. The number of alkyl carbamates (subject to hydrolysis) is 1. The number of aromatic hydroxyl groups is 1. The van der Waals surface area contributed by atoms with Crippen LogP contribution in [0.25, 0.3) is 0 Å². The van der Waals surface area contributed by atoms with E-state index in [1.54, 1.807) is 0 Å². The first-order valence-corrected chi connectivity index (χ1v) is 13.1. The summed E-state index contributed by atoms with van der Waals surface area (Å²) in [6.07, 6.45) is -1.36. The van der Waals surface area contributed by atoms with Crippen molar-refractivity contribution in [2.24, 2.45) is 5.92 Å². The third kappa shape index (κ3) is 7.93. The minimum Gasteiger partial charge on any atom is -0.508 e. The van der Waals surface area contributed by atoms with Crippen LogP contribution in [0.1, 0.15) is 25.8 Å². The fourth-order valence-electron chi connectivity index (χ4n) is 3.88. The topological polar surface area (TPSA) is 125 Å². The quantitative estimate of drug-likeness (QED) is 0.428. The second kappa shape index (κ2) is 12.3. The largest absolute Gasteiger partial charge is 0.508 e. The van der Waals surface area contributed by atoms with E-state index in [4.69, 9.17) is 9.47 Å². The molecule has 1 saturated heterocycles. The van der Waals surface area contributed by atoms with E-state index in [-0.39, 0.29) is 42.2 Å². The number of carbonyl (C=O) groups excluding carboxylic acids is 1. The SMILES string of the molecule is CC(C)CN(C[C@@H](O)[C@H](Cc1ccccc1)NC(=O)OC1CCOC1)S(=O)(=O)c1ccc(O)cc1. The monoisotopic (exact) mass is 506 g/mol. The molecule has 0 bridgehead atoms. The zero-order valence-electron chi connectivity index (χ0n) is 20.0. The number of amides is 1. The molecule has 10 heteroatoms. The first-order chi connectivity index (χ1) is 16.6. The molecular weight excluding hydrogens is 472 g/mol. The van der Waals surface area contributed by atoms with Crippen LogP contribution in [0.15, 0.2) is 59.5 Å². The maximum Gasteiger partial charge on any atom is 0.407 e. The van der Waals surface area contributed by atoms with Gasteiger partial charge in [0.25, 0.3) is 0 Å². The Bertz CT molecular complexity index is 1040. The van der Waals surface area contributed by atoms with Crippen molar-refractivity contribution < 1.29 is 32.9 Å². The van der Waals surface area contributed by atoms with Crippen LogP contribution in [-0.4, -0.2) is 73.6 Å². The molecule has 2 aromatic rings. The van der Waals surface area contributed by atoms with Crippen molar-refractivity contribution in [2.45, 2.75) is 49.8 Å². The van der Waals surface area contributed by atoms with Gasteiger partial charge in [-0.2, -0.15) is 4.31 Å². The maximum atomic E-state index is 13.4. The molecule has 1 heterocycles. The Kier molecular flexibility index (Phi) is 9.50. The molecule has 1 amide bonds. The highest BCUT2D eigenvalue weighted by Crippen LogP contribution is 2.21. The van der Waals surface area contributed by atoms with E-state index in [0.29, 0.717) is 19.6 Å². The van der Waals surface area contributed by atoms with E-state index in [0.717, 1.165) is 5.56 Å². The minimum absolute atomic E-state index is 0.0105. The number of ether oxygens (including phenoxy) is 2. The van der Waals surface area contributed by atoms with Crippen LogP contribution < -0.4 is 5.32 Å². The number of hydrogen-bond donors (Lipinski definition) is 3. The Labute approximate surface area is 206 Å². The lowest BCUT2D eigenvalue weighted by atomic mass is 10.0. The van der Waals surface area contributed by atoms with Gasteiger partial charge in [-0.15, -0.1) is 0 Å². The number of hydrogen-bond acceptors (Lipinski definition) is 7. The summed E-state index contributed by atoms with van der Waals surface area (Å²) < 4.78 is 38.6. The van der Waals surface area contributed by atoms with Gasteiger partial charge in [0.2, 0.25) is 10.0 Å². The van der Waals surface area contributed by atoms with Gasteiger partial charge in [-0.25, -0.2) is 13.2 Å². The molecule has 1 aliphatic rings. The second-order valence-electron chi connectivity index (χ2n) is 9.11. The highest BCUT2D eigenvalue weighted by Gasteiger charge is 2.32. The van der Waals surface area contributed by atoms with E-state index in [1.165, 1.54) is 28.6 Å². The van der Waals surface area contributed by atoms with Crippen LogP contribution >= 0.6 is 0 Å². The molecule has 3 atom stereocenters. The van der Waals surface area contributed by atoms with Crippen LogP contribution in [-0.2, 0) is 25.9 Å². The predicted octanol–water partition coefficient (Wildman–Crippen LogP) is 2.53. The third-order valence-electron chi connectivity index (χ3n) is 5.66. The Morgan fingerprint density at radius 1 is 1.14 bits per heavy atom. The average Bonchev–Trinajstić information content (AvgIpc) is 3.31. The van der Waals surface area contributed by atoms with E-state index in [1.807, 2.05) is 44.2 Å². The molecule has 2 aromatic carbocycles. The number of sulfonamides is 1. The number of phenolic OH excluding ortho intramolecular Hbond substituents is 1. The number of phenols is 1. The van der Waals surface area contributed by atoms with Crippen LogP contribution in [0.2, 0.25) is 0 Å². The third-order valence-corrected chi connectivity index (χ3v) is 7.51. The summed E-state index contributed by atoms with van der Waals surface area (Å²) >= 11 is 0. The summed E-state index contributed by atoms with van der Waals surface area (Å²) in [5, 5.41) is 23.4. The van der Waals surface area contributed by atoms with Crippen LogP contribution in [0.3, 0.4) is 0 Å². The van der Waals surface area contributed by atoms with Gasteiger partial charge in [0.05, 0.1) is 30.3 Å². The number of nitrogens with zero attached hydrogens (tertiary/aromatic N) is 1. The number of rotatable bonds is 11. The van der Waals surface area contributed by atoms with Gasteiger partial charge in [-0.3, -0.25) is 0 Å². The number of aliphatic hydroxyl groups is 1. The molecular formula is C25H34N2O7S. The lowest BCUT2D eigenvalue weighted by Gasteiger charge is -2.30. The molecule has 0 aromatic heterocycles. The fraction of sp³-hybridized carbons (Fsp3) is 0.480. The number of aliphatic hydroxyl groups excluding tert-OH is 1. The first-order valence-electron chi connectivity index (χ1n) is 11.7. The van der Waals surface area contributed by atoms with Crippen LogP contribution in [0.4, 0.5) is 4.79 Å². The van der Waals surface area contributed by atoms with Crippen molar-refractivity contribution in [3.05, 3.63) is 60.2 Å². The molecule has 9 nitrogen and oxygen atoms in total. The summed E-state index contributed by atoms with van der Waals surface area (Å²) in [6.45, 7) is 4.55. The van der Waals surface area contributed by atoms with Gasteiger partial charge >= 0.3 is 6.09 Å². The second-order valence-corrected chi connectivity index (χ2v) is 11.0. The molecule has 192 valence electrons. The predicted molar refractivity (Wildman–Crippen MR) is 130 cm³/mol. The maximum absolute atomic E-state index is 13.4. The van der Waals surface area contributed by atoms with E-state index < -0.39 is 28.3 Å². The number of carbonyl (C=O) groups is 1. The van der Waals surface area contributed by atoms with Gasteiger partial charge in [0.1, 0.15) is 11.9 Å². The molecule has 0 spiro atoms. The Balaban J connectivity index is 1.80. The van der Waals surface area contributed by atoms with E-state index >= 15 is 0 Å². The minimum atomic E-state index is -3.96. The molecule has 35 heavy (non-hydrogen) atoms. The lowest BCUT2D eigenvalue weighted by molar-refractivity contribution is 0.0644. The highest BCUT2D eigenvalue weighted by atomic mass is 32.2. The average molecular weight is 507 g/mol. The first kappa shape index (κ1) is 26.9. The van der Waals surface area contributed by atoms with Crippen molar-refractivity contribution >= 4 is 16.1 Å². The zero-order valence-corrected chi connectivity index (χ0v) is 20.9. The highest BCUT2D eigenvalue weighted by molar-refractivity contribution is 7.89. The summed E-state index contributed by atoms with van der Waals surface area (Å²) in [5.74, 6) is -0.0559. The van der Waals surface area contributed by atoms with Crippen LogP contribution in [0, 0.1) is 5.92 Å². The summed E-state index contributed by atoms with van der Waals surface area (Å²) in [4.78, 5) is 12.6. The molecule has 0 saturated carbocycles. The van der Waals surface area contributed by atoms with Gasteiger partial charge in [-0.05, 0) is 42.2 Å². The molecule has 3 N–H and O–H groups in total. The smallest absolute Gasteiger partial charge is 0.407 e. The zero-order chi connectivity index (χ0) is 25.4. The molecule has 3 rings (SSSR count). The summed E-state index contributed by atoms with van der Waals surface area (Å²) in [6, 6.07) is 13.8. The Morgan fingerprint density at radius 2 is 1.83 bits per heavy atom. The van der Waals surface area contributed by atoms with Crippen molar-refractivity contribution in [1.82, 2.24) is 9.62 Å². The molecule has 1 unspecified atom stereocenters. The Hall–Kier alpha value is -2.66. The molecule has 1 fully saturated rings. The van der Waals surface area contributed by atoms with Gasteiger partial charge in [0.15, 0.2) is 0 Å². The normalized spacial score (nSPS) is 17.9. The molecule has 1 aliphatic heterocycles. The standard InChI is InChI=1S/C25H34N2O7S/c1-18(2)15-27(35(31,32)22-10-8-20(28)9-11-22)16-24(29)23(14-19-6-4-3-5-7-19)26-25(30)34-21-12-13-33-17-21/h3-11,18,21,23-24,28-29H,12-17H2,1-2H3,(H,26,30)/t21?,23-,24+/m0/s1. The number of benzene rings is 2.